The van der Waals surface area contributed by atoms with Crippen LogP contribution in [0.1, 0.15) is 51.2 Å². The van der Waals surface area contributed by atoms with E-state index in [1.807, 2.05) is 32.0 Å². The molecule has 0 aliphatic carbocycles. The van der Waals surface area contributed by atoms with Crippen LogP contribution in [-0.4, -0.2) is 35.9 Å². The number of amides is 2. The highest BCUT2D eigenvalue weighted by atomic mass is 35.5. The van der Waals surface area contributed by atoms with Gasteiger partial charge in [-0.05, 0) is 55.5 Å². The number of benzene rings is 2. The van der Waals surface area contributed by atoms with Crippen molar-refractivity contribution >= 4 is 23.4 Å². The minimum Gasteiger partial charge on any atom is -0.494 e. The predicted molar refractivity (Wildman–Crippen MR) is 130 cm³/mol. The molecule has 0 saturated carbocycles. The Morgan fingerprint density at radius 2 is 1.84 bits per heavy atom. The van der Waals surface area contributed by atoms with Crippen LogP contribution in [0.5, 0.6) is 5.75 Å². The fraction of sp³-hybridized carbons (Fsp3) is 0.462. The summed E-state index contributed by atoms with van der Waals surface area (Å²) < 4.78 is 5.72. The van der Waals surface area contributed by atoms with Crippen molar-refractivity contribution in [3.63, 3.8) is 0 Å². The summed E-state index contributed by atoms with van der Waals surface area (Å²) >= 11 is 5.90. The lowest BCUT2D eigenvalue weighted by Crippen LogP contribution is -2.49. The Labute approximate surface area is 197 Å². The van der Waals surface area contributed by atoms with Crippen molar-refractivity contribution in [2.75, 3.05) is 13.2 Å². The van der Waals surface area contributed by atoms with Gasteiger partial charge in [-0.15, -0.1) is 0 Å². The number of hydrogen-bond donors (Lipinski definition) is 1. The third kappa shape index (κ3) is 8.54. The van der Waals surface area contributed by atoms with Crippen LogP contribution in [0.4, 0.5) is 0 Å². The summed E-state index contributed by atoms with van der Waals surface area (Å²) in [5.74, 6) is 0.928. The summed E-state index contributed by atoms with van der Waals surface area (Å²) in [5, 5.41) is 3.64. The van der Waals surface area contributed by atoms with E-state index in [0.717, 1.165) is 16.9 Å². The third-order valence-corrected chi connectivity index (χ3v) is 5.38. The van der Waals surface area contributed by atoms with E-state index in [0.29, 0.717) is 49.9 Å². The van der Waals surface area contributed by atoms with Crippen LogP contribution in [0.15, 0.2) is 48.5 Å². The molecule has 0 aliphatic rings. The molecule has 0 radical (unpaired) electrons. The molecule has 0 saturated heterocycles. The van der Waals surface area contributed by atoms with E-state index in [4.69, 9.17) is 16.3 Å². The minimum atomic E-state index is -0.501. The summed E-state index contributed by atoms with van der Waals surface area (Å²) in [6.45, 7) is 9.50. The van der Waals surface area contributed by atoms with E-state index in [2.05, 4.69) is 25.2 Å². The van der Waals surface area contributed by atoms with Crippen molar-refractivity contribution in [1.82, 2.24) is 10.2 Å². The molecule has 6 heteroatoms. The van der Waals surface area contributed by atoms with E-state index < -0.39 is 6.04 Å². The fourth-order valence-corrected chi connectivity index (χ4v) is 3.56. The van der Waals surface area contributed by atoms with Crippen molar-refractivity contribution in [3.05, 3.63) is 64.7 Å². The molecule has 1 unspecified atom stereocenters. The SMILES string of the molecule is CCC(C(=O)NCC(C)C)N(Cc1cccc(C)c1)C(=O)CCCOc1ccc(Cl)cc1. The molecule has 0 spiro atoms. The highest BCUT2D eigenvalue weighted by molar-refractivity contribution is 6.30. The molecule has 1 atom stereocenters. The molecule has 1 N–H and O–H groups in total. The summed E-state index contributed by atoms with van der Waals surface area (Å²) in [7, 11) is 0. The first-order valence-electron chi connectivity index (χ1n) is 11.3. The smallest absolute Gasteiger partial charge is 0.242 e. The second kappa shape index (κ2) is 13.1. The number of halogens is 1. The Kier molecular flexibility index (Phi) is 10.5. The van der Waals surface area contributed by atoms with Gasteiger partial charge in [0.2, 0.25) is 11.8 Å². The van der Waals surface area contributed by atoms with Gasteiger partial charge in [0.15, 0.2) is 0 Å². The molecule has 0 bridgehead atoms. The molecule has 32 heavy (non-hydrogen) atoms. The fourth-order valence-electron chi connectivity index (χ4n) is 3.44. The highest BCUT2D eigenvalue weighted by Gasteiger charge is 2.28. The molecular weight excluding hydrogens is 424 g/mol. The number of ether oxygens (including phenoxy) is 1. The Hall–Kier alpha value is -2.53. The largest absolute Gasteiger partial charge is 0.494 e. The van der Waals surface area contributed by atoms with E-state index >= 15 is 0 Å². The van der Waals surface area contributed by atoms with Crippen LogP contribution in [-0.2, 0) is 16.1 Å². The molecule has 2 amide bonds. The van der Waals surface area contributed by atoms with Crippen LogP contribution in [0.25, 0.3) is 0 Å². The zero-order valence-corrected chi connectivity index (χ0v) is 20.3. The van der Waals surface area contributed by atoms with Gasteiger partial charge in [0.1, 0.15) is 11.8 Å². The molecular formula is C26H35ClN2O3. The van der Waals surface area contributed by atoms with Crippen LogP contribution >= 0.6 is 11.6 Å². The lowest BCUT2D eigenvalue weighted by molar-refractivity contribution is -0.141. The summed E-state index contributed by atoms with van der Waals surface area (Å²) in [4.78, 5) is 27.8. The van der Waals surface area contributed by atoms with Crippen molar-refractivity contribution in [3.8, 4) is 5.75 Å². The number of nitrogens with one attached hydrogen (secondary N) is 1. The Bertz CT molecular complexity index is 868. The molecule has 2 rings (SSSR count). The monoisotopic (exact) mass is 458 g/mol. The van der Waals surface area contributed by atoms with Gasteiger partial charge in [0, 0.05) is 24.5 Å². The molecule has 2 aromatic carbocycles. The van der Waals surface area contributed by atoms with Crippen LogP contribution in [0, 0.1) is 12.8 Å². The predicted octanol–water partition coefficient (Wildman–Crippen LogP) is 5.39. The standard InChI is InChI=1S/C26H35ClN2O3/c1-5-24(26(31)28-17-19(2)3)29(18-21-9-6-8-20(4)16-21)25(30)10-7-15-32-23-13-11-22(27)12-14-23/h6,8-9,11-14,16,19,24H,5,7,10,15,17-18H2,1-4H3,(H,28,31). The zero-order chi connectivity index (χ0) is 23.5. The number of rotatable bonds is 12. The van der Waals surface area contributed by atoms with Gasteiger partial charge in [-0.25, -0.2) is 0 Å². The van der Waals surface area contributed by atoms with Crippen molar-refractivity contribution in [1.29, 1.82) is 0 Å². The van der Waals surface area contributed by atoms with E-state index in [1.165, 1.54) is 0 Å². The van der Waals surface area contributed by atoms with Gasteiger partial charge >= 0.3 is 0 Å². The second-order valence-corrected chi connectivity index (χ2v) is 8.92. The van der Waals surface area contributed by atoms with Gasteiger partial charge in [-0.2, -0.15) is 0 Å². The average Bonchev–Trinajstić information content (AvgIpc) is 2.76. The molecule has 0 heterocycles. The van der Waals surface area contributed by atoms with E-state index in [9.17, 15) is 9.59 Å². The van der Waals surface area contributed by atoms with Gasteiger partial charge in [-0.3, -0.25) is 9.59 Å². The number of aryl methyl sites for hydroxylation is 1. The molecule has 0 aliphatic heterocycles. The molecule has 5 nitrogen and oxygen atoms in total. The number of nitrogens with zero attached hydrogens (tertiary/aromatic N) is 1. The maximum atomic E-state index is 13.2. The lowest BCUT2D eigenvalue weighted by atomic mass is 10.1. The average molecular weight is 459 g/mol. The van der Waals surface area contributed by atoms with E-state index in [1.54, 1.807) is 29.2 Å². The van der Waals surface area contributed by atoms with Crippen molar-refractivity contribution in [2.45, 2.75) is 59.5 Å². The Morgan fingerprint density at radius 1 is 1.12 bits per heavy atom. The lowest BCUT2D eigenvalue weighted by Gasteiger charge is -2.31. The minimum absolute atomic E-state index is 0.0437. The normalized spacial score (nSPS) is 11.8. The number of carbonyl (C=O) groups is 2. The molecule has 174 valence electrons. The van der Waals surface area contributed by atoms with Crippen molar-refractivity contribution in [2.24, 2.45) is 5.92 Å². The van der Waals surface area contributed by atoms with E-state index in [-0.39, 0.29) is 11.8 Å². The molecule has 0 fully saturated rings. The Morgan fingerprint density at radius 3 is 2.47 bits per heavy atom. The summed E-state index contributed by atoms with van der Waals surface area (Å²) in [6.07, 6.45) is 1.44. The van der Waals surface area contributed by atoms with Crippen LogP contribution in [0.2, 0.25) is 5.02 Å². The maximum absolute atomic E-state index is 13.2. The maximum Gasteiger partial charge on any atom is 0.242 e. The topological polar surface area (TPSA) is 58.6 Å². The van der Waals surface area contributed by atoms with Gasteiger partial charge < -0.3 is 15.0 Å². The molecule has 2 aromatic rings. The van der Waals surface area contributed by atoms with Gasteiger partial charge in [0.25, 0.3) is 0 Å². The number of carbonyl (C=O) groups excluding carboxylic acids is 2. The molecule has 0 aromatic heterocycles. The third-order valence-electron chi connectivity index (χ3n) is 5.12. The number of hydrogen-bond acceptors (Lipinski definition) is 3. The quantitative estimate of drug-likeness (QED) is 0.434. The van der Waals surface area contributed by atoms with Crippen LogP contribution < -0.4 is 10.1 Å². The highest BCUT2D eigenvalue weighted by Crippen LogP contribution is 2.17. The van der Waals surface area contributed by atoms with Crippen LogP contribution in [0.3, 0.4) is 0 Å². The van der Waals surface area contributed by atoms with Crippen molar-refractivity contribution < 1.29 is 14.3 Å². The first-order chi connectivity index (χ1) is 15.3. The van der Waals surface area contributed by atoms with Gasteiger partial charge in [-0.1, -0.05) is 62.2 Å². The Balaban J connectivity index is 2.04. The second-order valence-electron chi connectivity index (χ2n) is 8.48. The first kappa shape index (κ1) is 25.7. The zero-order valence-electron chi connectivity index (χ0n) is 19.6. The first-order valence-corrected chi connectivity index (χ1v) is 11.7. The van der Waals surface area contributed by atoms with Gasteiger partial charge in [0.05, 0.1) is 6.61 Å². The summed E-state index contributed by atoms with van der Waals surface area (Å²) in [5.41, 5.74) is 2.15. The summed E-state index contributed by atoms with van der Waals surface area (Å²) in [6, 6.07) is 14.7.